The van der Waals surface area contributed by atoms with Crippen molar-refractivity contribution in [3.63, 3.8) is 0 Å². The summed E-state index contributed by atoms with van der Waals surface area (Å²) >= 11 is 0. The Morgan fingerprint density at radius 2 is 1.79 bits per heavy atom. The summed E-state index contributed by atoms with van der Waals surface area (Å²) in [5, 5.41) is 16.8. The van der Waals surface area contributed by atoms with Gasteiger partial charge in [-0.15, -0.1) is 0 Å². The van der Waals surface area contributed by atoms with E-state index in [0.29, 0.717) is 11.4 Å². The summed E-state index contributed by atoms with van der Waals surface area (Å²) in [6.45, 7) is 8.42. The van der Waals surface area contributed by atoms with E-state index in [1.807, 2.05) is 45.0 Å². The Balaban J connectivity index is 1.52. The number of piperidine rings is 1. The predicted molar refractivity (Wildman–Crippen MR) is 126 cm³/mol. The number of anilines is 2. The van der Waals surface area contributed by atoms with Crippen molar-refractivity contribution in [3.05, 3.63) is 53.9 Å². The van der Waals surface area contributed by atoms with E-state index < -0.39 is 6.09 Å². The van der Waals surface area contributed by atoms with Crippen LogP contribution in [0, 0.1) is 5.92 Å². The summed E-state index contributed by atoms with van der Waals surface area (Å²) in [7, 11) is 0. The van der Waals surface area contributed by atoms with E-state index in [-0.39, 0.29) is 29.0 Å². The molecule has 1 fully saturated rings. The summed E-state index contributed by atoms with van der Waals surface area (Å²) in [5.74, 6) is -0.192. The van der Waals surface area contributed by atoms with Gasteiger partial charge in [0, 0.05) is 23.7 Å². The SMILES string of the molecule is CC(C)(C)NC(=O)C1CCN(Cc2cccc(NC(=O)c3ccc(NC(=O)O)cn3)c2)CC1. The van der Waals surface area contributed by atoms with E-state index in [4.69, 9.17) is 5.11 Å². The topological polar surface area (TPSA) is 124 Å². The van der Waals surface area contributed by atoms with Crippen LogP contribution in [0.2, 0.25) is 0 Å². The lowest BCUT2D eigenvalue weighted by Gasteiger charge is -2.33. The van der Waals surface area contributed by atoms with Crippen LogP contribution < -0.4 is 16.0 Å². The number of benzene rings is 1. The van der Waals surface area contributed by atoms with Crippen LogP contribution >= 0.6 is 0 Å². The molecule has 0 aliphatic carbocycles. The van der Waals surface area contributed by atoms with Crippen molar-refractivity contribution in [1.29, 1.82) is 0 Å². The van der Waals surface area contributed by atoms with Gasteiger partial charge in [-0.2, -0.15) is 0 Å². The Morgan fingerprint density at radius 3 is 2.39 bits per heavy atom. The fourth-order valence-corrected chi connectivity index (χ4v) is 3.75. The second-order valence-electron chi connectivity index (χ2n) is 9.31. The van der Waals surface area contributed by atoms with Crippen molar-refractivity contribution in [2.45, 2.75) is 45.7 Å². The number of pyridine rings is 1. The first-order valence-electron chi connectivity index (χ1n) is 11.0. The van der Waals surface area contributed by atoms with Crippen molar-refractivity contribution in [2.24, 2.45) is 5.92 Å². The van der Waals surface area contributed by atoms with Gasteiger partial charge in [-0.3, -0.25) is 19.8 Å². The molecule has 1 saturated heterocycles. The first kappa shape index (κ1) is 24.2. The number of carbonyl (C=O) groups excluding carboxylic acids is 2. The molecule has 1 aliphatic heterocycles. The van der Waals surface area contributed by atoms with E-state index in [9.17, 15) is 14.4 Å². The zero-order valence-corrected chi connectivity index (χ0v) is 19.2. The van der Waals surface area contributed by atoms with Crippen molar-refractivity contribution >= 4 is 29.3 Å². The van der Waals surface area contributed by atoms with Gasteiger partial charge in [0.1, 0.15) is 5.69 Å². The van der Waals surface area contributed by atoms with Gasteiger partial charge in [0.25, 0.3) is 5.91 Å². The highest BCUT2D eigenvalue weighted by Gasteiger charge is 2.27. The van der Waals surface area contributed by atoms with Gasteiger partial charge in [-0.25, -0.2) is 9.78 Å². The minimum atomic E-state index is -1.19. The molecule has 3 amide bonds. The van der Waals surface area contributed by atoms with Crippen LogP contribution in [-0.4, -0.2) is 51.5 Å². The molecular weight excluding hydrogens is 422 g/mol. The molecule has 0 saturated carbocycles. The normalized spacial score (nSPS) is 15.0. The molecule has 1 aromatic heterocycles. The number of carboxylic acid groups (broad SMARTS) is 1. The fourth-order valence-electron chi connectivity index (χ4n) is 3.75. The highest BCUT2D eigenvalue weighted by Crippen LogP contribution is 2.21. The fraction of sp³-hybridized carbons (Fsp3) is 0.417. The summed E-state index contributed by atoms with van der Waals surface area (Å²) in [5.41, 5.74) is 1.99. The van der Waals surface area contributed by atoms with Gasteiger partial charge in [0.05, 0.1) is 11.9 Å². The predicted octanol–water partition coefficient (Wildman–Crippen LogP) is 3.55. The molecule has 0 unspecified atom stereocenters. The molecule has 1 aromatic carbocycles. The Kier molecular flexibility index (Phi) is 7.65. The second-order valence-corrected chi connectivity index (χ2v) is 9.31. The largest absolute Gasteiger partial charge is 0.465 e. The Labute approximate surface area is 193 Å². The molecule has 1 aliphatic rings. The molecule has 0 radical (unpaired) electrons. The molecule has 3 rings (SSSR count). The molecule has 0 bridgehead atoms. The Morgan fingerprint density at radius 1 is 1.06 bits per heavy atom. The number of hydrogen-bond donors (Lipinski definition) is 4. The quantitative estimate of drug-likeness (QED) is 0.530. The van der Waals surface area contributed by atoms with Crippen LogP contribution in [0.15, 0.2) is 42.6 Å². The lowest BCUT2D eigenvalue weighted by Crippen LogP contribution is -2.46. The molecule has 2 heterocycles. The van der Waals surface area contributed by atoms with E-state index in [2.05, 4.69) is 25.8 Å². The van der Waals surface area contributed by atoms with Crippen molar-refractivity contribution in [3.8, 4) is 0 Å². The highest BCUT2D eigenvalue weighted by atomic mass is 16.4. The average molecular weight is 454 g/mol. The molecular formula is C24H31N5O4. The number of amides is 3. The molecule has 9 heteroatoms. The van der Waals surface area contributed by atoms with E-state index in [1.165, 1.54) is 18.3 Å². The molecule has 9 nitrogen and oxygen atoms in total. The van der Waals surface area contributed by atoms with Crippen molar-refractivity contribution < 1.29 is 19.5 Å². The van der Waals surface area contributed by atoms with Crippen LogP contribution in [0.1, 0.15) is 49.7 Å². The maximum Gasteiger partial charge on any atom is 0.409 e. The second kappa shape index (κ2) is 10.4. The third-order valence-corrected chi connectivity index (χ3v) is 5.29. The minimum absolute atomic E-state index is 0.0516. The highest BCUT2D eigenvalue weighted by molar-refractivity contribution is 6.03. The lowest BCUT2D eigenvalue weighted by molar-refractivity contribution is -0.127. The number of likely N-dealkylation sites (tertiary alicyclic amines) is 1. The van der Waals surface area contributed by atoms with Crippen LogP contribution in [0.25, 0.3) is 0 Å². The zero-order valence-electron chi connectivity index (χ0n) is 19.2. The van der Waals surface area contributed by atoms with Gasteiger partial charge in [0.2, 0.25) is 5.91 Å². The molecule has 33 heavy (non-hydrogen) atoms. The van der Waals surface area contributed by atoms with Crippen molar-refractivity contribution in [2.75, 3.05) is 23.7 Å². The number of carbonyl (C=O) groups is 3. The maximum atomic E-state index is 12.5. The van der Waals surface area contributed by atoms with Gasteiger partial charge >= 0.3 is 6.09 Å². The molecule has 2 aromatic rings. The molecule has 0 spiro atoms. The third kappa shape index (κ3) is 7.57. The number of aromatic nitrogens is 1. The van der Waals surface area contributed by atoms with Gasteiger partial charge < -0.3 is 15.7 Å². The van der Waals surface area contributed by atoms with Gasteiger partial charge in [0.15, 0.2) is 0 Å². The number of nitrogens with one attached hydrogen (secondary N) is 3. The summed E-state index contributed by atoms with van der Waals surface area (Å²) in [6.07, 6.45) is 1.77. The van der Waals surface area contributed by atoms with Crippen LogP contribution in [0.4, 0.5) is 16.2 Å². The summed E-state index contributed by atoms with van der Waals surface area (Å²) in [4.78, 5) is 41.9. The van der Waals surface area contributed by atoms with Crippen LogP contribution in [0.3, 0.4) is 0 Å². The van der Waals surface area contributed by atoms with Crippen LogP contribution in [-0.2, 0) is 11.3 Å². The van der Waals surface area contributed by atoms with E-state index >= 15 is 0 Å². The maximum absolute atomic E-state index is 12.5. The van der Waals surface area contributed by atoms with E-state index in [1.54, 1.807) is 0 Å². The van der Waals surface area contributed by atoms with Crippen LogP contribution in [0.5, 0.6) is 0 Å². The number of nitrogens with zero attached hydrogens (tertiary/aromatic N) is 2. The monoisotopic (exact) mass is 453 g/mol. The smallest absolute Gasteiger partial charge is 0.409 e. The minimum Gasteiger partial charge on any atom is -0.465 e. The zero-order chi connectivity index (χ0) is 24.0. The third-order valence-electron chi connectivity index (χ3n) is 5.29. The molecule has 0 atom stereocenters. The van der Waals surface area contributed by atoms with Gasteiger partial charge in [-0.05, 0) is 76.5 Å². The first-order valence-corrected chi connectivity index (χ1v) is 11.0. The lowest BCUT2D eigenvalue weighted by atomic mass is 9.94. The first-order chi connectivity index (χ1) is 15.6. The Hall–Kier alpha value is -3.46. The Bertz CT molecular complexity index is 993. The molecule has 176 valence electrons. The number of hydrogen-bond acceptors (Lipinski definition) is 5. The average Bonchev–Trinajstić information content (AvgIpc) is 2.73. The molecule has 4 N–H and O–H groups in total. The van der Waals surface area contributed by atoms with Gasteiger partial charge in [-0.1, -0.05) is 12.1 Å². The number of rotatable bonds is 6. The van der Waals surface area contributed by atoms with Crippen molar-refractivity contribution in [1.82, 2.24) is 15.2 Å². The summed E-state index contributed by atoms with van der Waals surface area (Å²) < 4.78 is 0. The standard InChI is InChI=1S/C24H31N5O4/c1-24(2,3)28-21(30)17-9-11-29(12-10-17)15-16-5-4-6-18(13-16)26-22(31)20-8-7-19(14-25-20)27-23(32)33/h4-8,13-14,17,27H,9-12,15H2,1-3H3,(H,26,31)(H,28,30)(H,32,33). The summed E-state index contributed by atoms with van der Waals surface area (Å²) in [6, 6.07) is 10.6. The van der Waals surface area contributed by atoms with E-state index in [0.717, 1.165) is 38.0 Å².